The molecule has 13 nitrogen and oxygen atoms in total. The number of ether oxygens (including phenoxy) is 2. The van der Waals surface area contributed by atoms with Crippen molar-refractivity contribution >= 4 is 22.9 Å². The molecule has 0 bridgehead atoms. The largest absolute Gasteiger partial charge is 0.495 e. The number of hydrogen-bond acceptors (Lipinski definition) is 11. The van der Waals surface area contributed by atoms with Crippen LogP contribution in [0.5, 0.6) is 5.75 Å². The number of pyridine rings is 2. The second-order valence-electron chi connectivity index (χ2n) is 8.05. The Morgan fingerprint density at radius 1 is 1.19 bits per heavy atom. The van der Waals surface area contributed by atoms with Gasteiger partial charge in [-0.15, -0.1) is 0 Å². The Hall–Kier alpha value is -4.20. The molecule has 13 heteroatoms. The van der Waals surface area contributed by atoms with Crippen LogP contribution in [0.4, 0.5) is 5.82 Å². The minimum Gasteiger partial charge on any atom is -0.495 e. The van der Waals surface area contributed by atoms with Crippen molar-refractivity contribution in [3.05, 3.63) is 54.9 Å². The highest BCUT2D eigenvalue weighted by molar-refractivity contribution is 5.85. The zero-order valence-electron chi connectivity index (χ0n) is 19.4. The number of aromatic nitrogens is 6. The summed E-state index contributed by atoms with van der Waals surface area (Å²) in [6.45, 7) is 0.371. The van der Waals surface area contributed by atoms with Crippen LogP contribution in [0.25, 0.3) is 22.6 Å². The van der Waals surface area contributed by atoms with Crippen LogP contribution in [-0.2, 0) is 16.1 Å². The number of carbonyl (C=O) groups is 1. The Balaban J connectivity index is 1.59. The highest BCUT2D eigenvalue weighted by atomic mass is 16.6. The first-order valence-electron chi connectivity index (χ1n) is 11.1. The third kappa shape index (κ3) is 4.30. The Kier molecular flexibility index (Phi) is 6.41. The first kappa shape index (κ1) is 23.5. The summed E-state index contributed by atoms with van der Waals surface area (Å²) in [5, 5.41) is 26.8. The van der Waals surface area contributed by atoms with Crippen LogP contribution in [-0.4, -0.2) is 78.1 Å². The number of likely N-dealkylation sites (N-methyl/N-ethyl adjacent to an activating group) is 1. The van der Waals surface area contributed by atoms with Gasteiger partial charge in [0.2, 0.25) is 0 Å². The minimum atomic E-state index is -1.43. The predicted octanol–water partition coefficient (Wildman–Crippen LogP) is 0.269. The van der Waals surface area contributed by atoms with Crippen LogP contribution in [0.1, 0.15) is 11.9 Å². The van der Waals surface area contributed by atoms with Crippen LogP contribution in [0.2, 0.25) is 0 Å². The Bertz CT molecular complexity index is 1380. The van der Waals surface area contributed by atoms with Gasteiger partial charge in [0.15, 0.2) is 35.1 Å². The Labute approximate surface area is 205 Å². The van der Waals surface area contributed by atoms with Gasteiger partial charge in [-0.05, 0) is 18.2 Å². The van der Waals surface area contributed by atoms with Gasteiger partial charge in [-0.25, -0.2) is 15.0 Å². The predicted molar refractivity (Wildman–Crippen MR) is 127 cm³/mol. The quantitative estimate of drug-likeness (QED) is 0.279. The fraction of sp³-hybridized carbons (Fsp3) is 0.304. The molecule has 5 heterocycles. The molecule has 36 heavy (non-hydrogen) atoms. The summed E-state index contributed by atoms with van der Waals surface area (Å²) in [5.74, 6) is 0.705. The highest BCUT2D eigenvalue weighted by Gasteiger charge is 2.47. The van der Waals surface area contributed by atoms with E-state index in [9.17, 15) is 15.0 Å². The molecular formula is C23H24N8O5. The molecule has 0 spiro atoms. The zero-order chi connectivity index (χ0) is 25.2. The average Bonchev–Trinajstić information content (AvgIpc) is 3.48. The second kappa shape index (κ2) is 9.81. The van der Waals surface area contributed by atoms with E-state index >= 15 is 0 Å². The average molecular weight is 492 g/mol. The Morgan fingerprint density at radius 2 is 2.06 bits per heavy atom. The molecule has 1 fully saturated rings. The van der Waals surface area contributed by atoms with Crippen LogP contribution in [0.3, 0.4) is 0 Å². The third-order valence-corrected chi connectivity index (χ3v) is 5.81. The van der Waals surface area contributed by atoms with Gasteiger partial charge in [0.1, 0.15) is 18.0 Å². The van der Waals surface area contributed by atoms with E-state index in [1.807, 2.05) is 18.2 Å². The SMILES string of the molecule is CNC(=O)[C@H]1O[C@H](n2cnc3c(NCc4ccccn4)nc(-c4cncc(OC)c4)nc32)[C@H](O)[C@@H]1O. The molecule has 4 aromatic rings. The van der Waals surface area contributed by atoms with Gasteiger partial charge in [0, 0.05) is 25.0 Å². The molecule has 4 aromatic heterocycles. The topological polar surface area (TPSA) is 169 Å². The van der Waals surface area contributed by atoms with Crippen LogP contribution in [0.15, 0.2) is 49.2 Å². The molecule has 5 rings (SSSR count). The standard InChI is InChI=1S/C23H24N8O5/c1-24-22(34)18-16(32)17(33)23(36-18)31-11-28-15-20(27-9-13-5-3-4-6-26-13)29-19(30-21(15)31)12-7-14(35-2)10-25-8-12/h3-8,10-11,16-18,23,32-33H,9H2,1-2H3,(H,24,34)(H,27,29,30)/t16-,17+,18-,23-/m0/s1. The van der Waals surface area contributed by atoms with Gasteiger partial charge < -0.3 is 30.3 Å². The summed E-state index contributed by atoms with van der Waals surface area (Å²) in [4.78, 5) is 34.4. The molecule has 0 radical (unpaired) electrons. The molecule has 1 saturated heterocycles. The van der Waals surface area contributed by atoms with Crippen LogP contribution >= 0.6 is 0 Å². The molecule has 0 unspecified atom stereocenters. The van der Waals surface area contributed by atoms with Crippen molar-refractivity contribution in [1.82, 2.24) is 34.8 Å². The number of methoxy groups -OCH3 is 1. The zero-order valence-corrected chi connectivity index (χ0v) is 19.4. The maximum Gasteiger partial charge on any atom is 0.251 e. The molecule has 4 atom stereocenters. The first-order chi connectivity index (χ1) is 17.5. The number of imidazole rings is 1. The lowest BCUT2D eigenvalue weighted by molar-refractivity contribution is -0.137. The van der Waals surface area contributed by atoms with Gasteiger partial charge >= 0.3 is 0 Å². The van der Waals surface area contributed by atoms with E-state index in [0.29, 0.717) is 40.7 Å². The van der Waals surface area contributed by atoms with E-state index in [2.05, 4.69) is 35.6 Å². The van der Waals surface area contributed by atoms with E-state index in [0.717, 1.165) is 5.69 Å². The van der Waals surface area contributed by atoms with Crippen LogP contribution < -0.4 is 15.4 Å². The van der Waals surface area contributed by atoms with Crippen molar-refractivity contribution in [3.63, 3.8) is 0 Å². The van der Waals surface area contributed by atoms with Gasteiger partial charge in [0.25, 0.3) is 5.91 Å². The number of carbonyl (C=O) groups excluding carboxylic acids is 1. The lowest BCUT2D eigenvalue weighted by Gasteiger charge is -2.17. The van der Waals surface area contributed by atoms with E-state index in [1.165, 1.54) is 25.1 Å². The summed E-state index contributed by atoms with van der Waals surface area (Å²) in [5.41, 5.74) is 2.10. The number of nitrogens with one attached hydrogen (secondary N) is 2. The van der Waals surface area contributed by atoms with Crippen molar-refractivity contribution in [2.75, 3.05) is 19.5 Å². The number of fused-ring (bicyclic) bond motifs is 1. The van der Waals surface area contributed by atoms with Crippen molar-refractivity contribution in [1.29, 1.82) is 0 Å². The molecule has 186 valence electrons. The summed E-state index contributed by atoms with van der Waals surface area (Å²) in [6.07, 6.45) is 1.09. The smallest absolute Gasteiger partial charge is 0.251 e. The number of amides is 1. The van der Waals surface area contributed by atoms with Crippen molar-refractivity contribution in [2.24, 2.45) is 0 Å². The third-order valence-electron chi connectivity index (χ3n) is 5.81. The van der Waals surface area contributed by atoms with Crippen molar-refractivity contribution < 1.29 is 24.5 Å². The van der Waals surface area contributed by atoms with Gasteiger partial charge in [-0.2, -0.15) is 0 Å². The molecular weight excluding hydrogens is 468 g/mol. The number of aliphatic hydroxyl groups excluding tert-OH is 2. The van der Waals surface area contributed by atoms with E-state index in [-0.39, 0.29) is 0 Å². The molecule has 1 aliphatic rings. The maximum atomic E-state index is 12.1. The maximum absolute atomic E-state index is 12.1. The number of aliphatic hydroxyl groups is 2. The fourth-order valence-corrected chi connectivity index (χ4v) is 3.93. The fourth-order valence-electron chi connectivity index (χ4n) is 3.93. The lowest BCUT2D eigenvalue weighted by Crippen LogP contribution is -2.41. The monoisotopic (exact) mass is 492 g/mol. The highest BCUT2D eigenvalue weighted by Crippen LogP contribution is 2.34. The molecule has 1 aliphatic heterocycles. The number of anilines is 1. The second-order valence-corrected chi connectivity index (χ2v) is 8.05. The molecule has 4 N–H and O–H groups in total. The Morgan fingerprint density at radius 3 is 2.81 bits per heavy atom. The number of rotatable bonds is 7. The van der Waals surface area contributed by atoms with Gasteiger partial charge in [0.05, 0.1) is 31.9 Å². The first-order valence-corrected chi connectivity index (χ1v) is 11.1. The lowest BCUT2D eigenvalue weighted by atomic mass is 10.1. The molecule has 0 aromatic carbocycles. The molecule has 0 saturated carbocycles. The normalized spacial score (nSPS) is 21.4. The summed E-state index contributed by atoms with van der Waals surface area (Å²) < 4.78 is 12.5. The number of nitrogens with zero attached hydrogens (tertiary/aromatic N) is 6. The van der Waals surface area contributed by atoms with E-state index in [4.69, 9.17) is 9.47 Å². The van der Waals surface area contributed by atoms with E-state index < -0.39 is 30.4 Å². The summed E-state index contributed by atoms with van der Waals surface area (Å²) >= 11 is 0. The van der Waals surface area contributed by atoms with Gasteiger partial charge in [-0.3, -0.25) is 19.3 Å². The summed E-state index contributed by atoms with van der Waals surface area (Å²) in [7, 11) is 2.96. The van der Waals surface area contributed by atoms with Crippen molar-refractivity contribution in [2.45, 2.75) is 31.1 Å². The van der Waals surface area contributed by atoms with Crippen molar-refractivity contribution in [3.8, 4) is 17.1 Å². The van der Waals surface area contributed by atoms with E-state index in [1.54, 1.807) is 24.7 Å². The minimum absolute atomic E-state index is 0.315. The van der Waals surface area contributed by atoms with Crippen LogP contribution in [0, 0.1) is 0 Å². The summed E-state index contributed by atoms with van der Waals surface area (Å²) in [6, 6.07) is 7.33. The molecule has 1 amide bonds. The molecule has 0 aliphatic carbocycles. The number of hydrogen-bond donors (Lipinski definition) is 4. The van der Waals surface area contributed by atoms with Gasteiger partial charge in [-0.1, -0.05) is 6.07 Å².